The molecule has 4 nitrogen and oxygen atoms in total. The van der Waals surface area contributed by atoms with Crippen molar-refractivity contribution >= 4 is 5.91 Å². The molecule has 3 aromatic rings. The van der Waals surface area contributed by atoms with Crippen molar-refractivity contribution in [1.29, 1.82) is 0 Å². The average molecular weight is 346 g/mol. The topological polar surface area (TPSA) is 42.4 Å². The molecule has 1 amide bonds. The van der Waals surface area contributed by atoms with E-state index in [0.29, 0.717) is 25.3 Å². The Morgan fingerprint density at radius 3 is 2.23 bits per heavy atom. The van der Waals surface area contributed by atoms with Crippen LogP contribution in [0.4, 0.5) is 0 Å². The summed E-state index contributed by atoms with van der Waals surface area (Å²) in [6, 6.07) is 21.7. The van der Waals surface area contributed by atoms with E-state index in [1.807, 2.05) is 54.6 Å². The fourth-order valence-corrected chi connectivity index (χ4v) is 2.78. The molecule has 0 spiro atoms. The highest BCUT2D eigenvalue weighted by molar-refractivity contribution is 5.94. The highest BCUT2D eigenvalue weighted by Crippen LogP contribution is 2.20. The van der Waals surface area contributed by atoms with Crippen LogP contribution >= 0.6 is 0 Å². The number of nitrogens with zero attached hydrogens (tertiary/aromatic N) is 2. The monoisotopic (exact) mass is 346 g/mol. The molecule has 0 atom stereocenters. The molecule has 4 heteroatoms. The number of carbonyl (C=O) groups is 1. The van der Waals surface area contributed by atoms with Gasteiger partial charge in [0, 0.05) is 38.2 Å². The van der Waals surface area contributed by atoms with Gasteiger partial charge in [0.2, 0.25) is 0 Å². The number of benzene rings is 2. The molecule has 0 aliphatic rings. The summed E-state index contributed by atoms with van der Waals surface area (Å²) in [6.07, 6.45) is 3.48. The lowest BCUT2D eigenvalue weighted by atomic mass is 10.0. The number of carbonyl (C=O) groups excluding carboxylic acids is 1. The predicted molar refractivity (Wildman–Crippen MR) is 103 cm³/mol. The average Bonchev–Trinajstić information content (AvgIpc) is 2.72. The first-order valence-corrected chi connectivity index (χ1v) is 8.60. The summed E-state index contributed by atoms with van der Waals surface area (Å²) in [5, 5.41) is 0. The van der Waals surface area contributed by atoms with Crippen molar-refractivity contribution in [3.05, 3.63) is 90.3 Å². The summed E-state index contributed by atoms with van der Waals surface area (Å²) >= 11 is 0. The zero-order valence-electron chi connectivity index (χ0n) is 14.8. The molecule has 0 N–H and O–H groups in total. The van der Waals surface area contributed by atoms with Crippen molar-refractivity contribution in [3.63, 3.8) is 0 Å². The molecule has 2 aromatic carbocycles. The van der Waals surface area contributed by atoms with Crippen LogP contribution < -0.4 is 0 Å². The molecule has 3 rings (SSSR count). The molecule has 0 aliphatic carbocycles. The number of ether oxygens (including phenoxy) is 1. The fourth-order valence-electron chi connectivity index (χ4n) is 2.78. The van der Waals surface area contributed by atoms with Gasteiger partial charge in [-0.3, -0.25) is 9.78 Å². The van der Waals surface area contributed by atoms with Gasteiger partial charge in [0.1, 0.15) is 0 Å². The molecular weight excluding hydrogens is 324 g/mol. The Balaban J connectivity index is 1.77. The van der Waals surface area contributed by atoms with E-state index in [-0.39, 0.29) is 5.91 Å². The number of methoxy groups -OCH3 is 1. The second-order valence-corrected chi connectivity index (χ2v) is 6.02. The van der Waals surface area contributed by atoms with Crippen molar-refractivity contribution in [2.75, 3.05) is 20.3 Å². The van der Waals surface area contributed by atoms with E-state index in [9.17, 15) is 4.79 Å². The Kier molecular flexibility index (Phi) is 6.12. The van der Waals surface area contributed by atoms with Gasteiger partial charge in [-0.1, -0.05) is 42.5 Å². The second-order valence-electron chi connectivity index (χ2n) is 6.02. The molecule has 0 aliphatic heterocycles. The lowest BCUT2D eigenvalue weighted by molar-refractivity contribution is 0.0680. The Hall–Kier alpha value is -2.98. The SMILES string of the molecule is COCCN(Cc1ccncc1)C(=O)c1ccc(-c2ccccc2)cc1. The van der Waals surface area contributed by atoms with Crippen LogP contribution in [0.25, 0.3) is 11.1 Å². The summed E-state index contributed by atoms with van der Waals surface area (Å²) in [5.41, 5.74) is 3.96. The Morgan fingerprint density at radius 1 is 0.923 bits per heavy atom. The maximum atomic E-state index is 13.0. The van der Waals surface area contributed by atoms with Crippen LogP contribution in [-0.4, -0.2) is 36.1 Å². The van der Waals surface area contributed by atoms with E-state index in [0.717, 1.165) is 16.7 Å². The molecule has 1 heterocycles. The molecule has 0 fully saturated rings. The number of amides is 1. The van der Waals surface area contributed by atoms with Gasteiger partial charge in [-0.15, -0.1) is 0 Å². The smallest absolute Gasteiger partial charge is 0.254 e. The third-order valence-electron chi connectivity index (χ3n) is 4.21. The minimum atomic E-state index is -0.00141. The van der Waals surface area contributed by atoms with Crippen molar-refractivity contribution < 1.29 is 9.53 Å². The minimum Gasteiger partial charge on any atom is -0.383 e. The molecule has 0 radical (unpaired) electrons. The quantitative estimate of drug-likeness (QED) is 0.648. The van der Waals surface area contributed by atoms with E-state index < -0.39 is 0 Å². The van der Waals surface area contributed by atoms with Crippen LogP contribution in [0.2, 0.25) is 0 Å². The summed E-state index contributed by atoms with van der Waals surface area (Å²) in [7, 11) is 1.64. The number of hydrogen-bond acceptors (Lipinski definition) is 3. The molecule has 0 unspecified atom stereocenters. The van der Waals surface area contributed by atoms with Crippen LogP contribution in [0.15, 0.2) is 79.1 Å². The zero-order chi connectivity index (χ0) is 18.2. The largest absolute Gasteiger partial charge is 0.383 e. The van der Waals surface area contributed by atoms with E-state index in [1.54, 1.807) is 24.4 Å². The zero-order valence-corrected chi connectivity index (χ0v) is 14.8. The standard InChI is InChI=1S/C22H22N2O2/c1-26-16-15-24(17-18-11-13-23-14-12-18)22(25)21-9-7-20(8-10-21)19-5-3-2-4-6-19/h2-14H,15-17H2,1H3. The van der Waals surface area contributed by atoms with Crippen LogP contribution in [0.3, 0.4) is 0 Å². The lowest BCUT2D eigenvalue weighted by Gasteiger charge is -2.22. The van der Waals surface area contributed by atoms with Crippen LogP contribution in [-0.2, 0) is 11.3 Å². The van der Waals surface area contributed by atoms with Crippen molar-refractivity contribution in [3.8, 4) is 11.1 Å². The number of pyridine rings is 1. The molecular formula is C22H22N2O2. The van der Waals surface area contributed by atoms with E-state index in [1.165, 1.54) is 0 Å². The first-order chi connectivity index (χ1) is 12.8. The molecule has 0 bridgehead atoms. The maximum absolute atomic E-state index is 13.0. The van der Waals surface area contributed by atoms with Gasteiger partial charge in [0.15, 0.2) is 0 Å². The Labute approximate surface area is 154 Å². The predicted octanol–water partition coefficient (Wildman–Crippen LogP) is 4.04. The van der Waals surface area contributed by atoms with E-state index in [2.05, 4.69) is 17.1 Å². The van der Waals surface area contributed by atoms with Crippen LogP contribution in [0, 0.1) is 0 Å². The van der Waals surface area contributed by atoms with Gasteiger partial charge in [0.25, 0.3) is 5.91 Å². The van der Waals surface area contributed by atoms with Gasteiger partial charge in [-0.2, -0.15) is 0 Å². The highest BCUT2D eigenvalue weighted by atomic mass is 16.5. The molecule has 132 valence electrons. The molecule has 26 heavy (non-hydrogen) atoms. The van der Waals surface area contributed by atoms with Gasteiger partial charge >= 0.3 is 0 Å². The van der Waals surface area contributed by atoms with Gasteiger partial charge < -0.3 is 9.64 Å². The van der Waals surface area contributed by atoms with Crippen LogP contribution in [0.5, 0.6) is 0 Å². The van der Waals surface area contributed by atoms with E-state index in [4.69, 9.17) is 4.74 Å². The summed E-state index contributed by atoms with van der Waals surface area (Å²) in [5.74, 6) is -0.00141. The molecule has 1 aromatic heterocycles. The van der Waals surface area contributed by atoms with Crippen molar-refractivity contribution in [1.82, 2.24) is 9.88 Å². The Morgan fingerprint density at radius 2 is 1.58 bits per heavy atom. The molecule has 0 saturated carbocycles. The number of aromatic nitrogens is 1. The first kappa shape index (κ1) is 17.8. The third-order valence-corrected chi connectivity index (χ3v) is 4.21. The van der Waals surface area contributed by atoms with Crippen molar-refractivity contribution in [2.45, 2.75) is 6.54 Å². The minimum absolute atomic E-state index is 0.00141. The normalized spacial score (nSPS) is 10.5. The van der Waals surface area contributed by atoms with Gasteiger partial charge in [0.05, 0.1) is 6.61 Å². The summed E-state index contributed by atoms with van der Waals surface area (Å²) < 4.78 is 5.17. The Bertz CT molecular complexity index is 818. The summed E-state index contributed by atoms with van der Waals surface area (Å²) in [4.78, 5) is 18.8. The second kappa shape index (κ2) is 8.92. The number of rotatable bonds is 7. The number of hydrogen-bond donors (Lipinski definition) is 0. The third kappa shape index (κ3) is 4.55. The van der Waals surface area contributed by atoms with E-state index >= 15 is 0 Å². The molecule has 0 saturated heterocycles. The van der Waals surface area contributed by atoms with Crippen LogP contribution in [0.1, 0.15) is 15.9 Å². The first-order valence-electron chi connectivity index (χ1n) is 8.60. The maximum Gasteiger partial charge on any atom is 0.254 e. The van der Waals surface area contributed by atoms with Gasteiger partial charge in [-0.25, -0.2) is 0 Å². The summed E-state index contributed by atoms with van der Waals surface area (Å²) in [6.45, 7) is 1.57. The highest BCUT2D eigenvalue weighted by Gasteiger charge is 2.16. The van der Waals surface area contributed by atoms with Crippen molar-refractivity contribution in [2.24, 2.45) is 0 Å². The fraction of sp³-hybridized carbons (Fsp3) is 0.182. The lowest BCUT2D eigenvalue weighted by Crippen LogP contribution is -2.33. The van der Waals surface area contributed by atoms with Gasteiger partial charge in [-0.05, 0) is 41.0 Å².